The number of hydrogen-bond donors (Lipinski definition) is 1. The van der Waals surface area contributed by atoms with E-state index in [0.717, 1.165) is 12.8 Å². The van der Waals surface area contributed by atoms with Gasteiger partial charge in [0.1, 0.15) is 11.3 Å². The number of nitrogens with zero attached hydrogens (tertiary/aromatic N) is 2. The van der Waals surface area contributed by atoms with Crippen molar-refractivity contribution in [1.82, 2.24) is 14.8 Å². The first-order valence-electron chi connectivity index (χ1n) is 9.68. The van der Waals surface area contributed by atoms with E-state index in [2.05, 4.69) is 4.98 Å². The molecule has 0 saturated carbocycles. The summed E-state index contributed by atoms with van der Waals surface area (Å²) in [5.74, 6) is -0.889. The van der Waals surface area contributed by atoms with E-state index in [0.29, 0.717) is 29.1 Å². The maximum Gasteiger partial charge on any atom is 0.410 e. The van der Waals surface area contributed by atoms with Crippen LogP contribution in [0.4, 0.5) is 9.18 Å². The summed E-state index contributed by atoms with van der Waals surface area (Å²) in [5, 5.41) is 0.845. The summed E-state index contributed by atoms with van der Waals surface area (Å²) < 4.78 is 20.8. The molecule has 3 rings (SSSR count). The lowest BCUT2D eigenvalue weighted by Crippen LogP contribution is -2.42. The van der Waals surface area contributed by atoms with Crippen molar-refractivity contribution in [3.05, 3.63) is 34.2 Å². The molecule has 0 unspecified atom stereocenters. The third kappa shape index (κ3) is 4.50. The standard InChI is InChI=1S/C21H27ClFN3O3/c1-21(2,3)29-20(28)26-8-6-7-12(11-26)13-9-15(22)14-10-16(19(27)25(4)5)24-18(14)17(13)23/h9-10,12,24H,6-8,11H2,1-5H3/t12-/m0/s1. The molecule has 0 aliphatic carbocycles. The Labute approximate surface area is 174 Å². The molecule has 0 spiro atoms. The highest BCUT2D eigenvalue weighted by Crippen LogP contribution is 2.36. The van der Waals surface area contributed by atoms with E-state index in [1.54, 1.807) is 31.1 Å². The Bertz CT molecular complexity index is 949. The maximum atomic E-state index is 15.4. The molecule has 1 atom stereocenters. The number of likely N-dealkylation sites (tertiary alicyclic amines) is 1. The van der Waals surface area contributed by atoms with Crippen LogP contribution in [-0.2, 0) is 4.74 Å². The van der Waals surface area contributed by atoms with Crippen LogP contribution in [0.25, 0.3) is 10.9 Å². The van der Waals surface area contributed by atoms with Gasteiger partial charge in [-0.05, 0) is 51.3 Å². The predicted octanol–water partition coefficient (Wildman–Crippen LogP) is 4.78. The fraction of sp³-hybridized carbons (Fsp3) is 0.524. The van der Waals surface area contributed by atoms with Gasteiger partial charge in [-0.1, -0.05) is 11.6 Å². The van der Waals surface area contributed by atoms with Crippen molar-refractivity contribution in [2.45, 2.75) is 45.1 Å². The van der Waals surface area contributed by atoms with Crippen molar-refractivity contribution < 1.29 is 18.7 Å². The highest BCUT2D eigenvalue weighted by Gasteiger charge is 2.31. The number of nitrogens with one attached hydrogen (secondary N) is 1. The molecular formula is C21H27ClFN3O3. The van der Waals surface area contributed by atoms with Crippen molar-refractivity contribution in [2.24, 2.45) is 0 Å². The molecule has 158 valence electrons. The van der Waals surface area contributed by atoms with Gasteiger partial charge in [0.2, 0.25) is 0 Å². The SMILES string of the molecule is CN(C)C(=O)c1cc2c(Cl)cc([C@H]3CCCN(C(=O)OC(C)(C)C)C3)c(F)c2[nH]1. The molecule has 1 N–H and O–H groups in total. The molecule has 6 nitrogen and oxygen atoms in total. The summed E-state index contributed by atoms with van der Waals surface area (Å²) in [7, 11) is 3.26. The lowest BCUT2D eigenvalue weighted by atomic mass is 9.90. The fourth-order valence-corrected chi connectivity index (χ4v) is 3.88. The lowest BCUT2D eigenvalue weighted by molar-refractivity contribution is 0.0197. The van der Waals surface area contributed by atoms with Crippen molar-refractivity contribution in [3.8, 4) is 0 Å². The van der Waals surface area contributed by atoms with Crippen molar-refractivity contribution in [2.75, 3.05) is 27.2 Å². The summed E-state index contributed by atoms with van der Waals surface area (Å²) in [6.07, 6.45) is 1.09. The van der Waals surface area contributed by atoms with Crippen LogP contribution >= 0.6 is 11.6 Å². The average Bonchev–Trinajstić information content (AvgIpc) is 3.09. The normalized spacial score (nSPS) is 17.5. The van der Waals surface area contributed by atoms with Gasteiger partial charge in [0.25, 0.3) is 5.91 Å². The number of H-pyrrole nitrogens is 1. The first-order chi connectivity index (χ1) is 13.5. The molecule has 0 bridgehead atoms. The minimum Gasteiger partial charge on any atom is -0.444 e. The number of fused-ring (bicyclic) bond motifs is 1. The summed E-state index contributed by atoms with van der Waals surface area (Å²) in [4.78, 5) is 30.6. The molecule has 1 aromatic heterocycles. The molecular weight excluding hydrogens is 397 g/mol. The molecule has 8 heteroatoms. The Morgan fingerprint density at radius 3 is 2.62 bits per heavy atom. The highest BCUT2D eigenvalue weighted by molar-refractivity contribution is 6.35. The van der Waals surface area contributed by atoms with E-state index in [4.69, 9.17) is 16.3 Å². The number of aromatic amines is 1. The molecule has 1 fully saturated rings. The van der Waals surface area contributed by atoms with Crippen LogP contribution in [0, 0.1) is 5.82 Å². The monoisotopic (exact) mass is 423 g/mol. The zero-order chi connectivity index (χ0) is 21.5. The highest BCUT2D eigenvalue weighted by atomic mass is 35.5. The first-order valence-corrected chi connectivity index (χ1v) is 10.1. The Balaban J connectivity index is 1.92. The lowest BCUT2D eigenvalue weighted by Gasteiger charge is -2.34. The number of piperidine rings is 1. The van der Waals surface area contributed by atoms with Crippen LogP contribution in [-0.4, -0.2) is 59.6 Å². The predicted molar refractivity (Wildman–Crippen MR) is 111 cm³/mol. The number of benzene rings is 1. The maximum absolute atomic E-state index is 15.4. The van der Waals surface area contributed by atoms with Crippen LogP contribution in [0.1, 0.15) is 55.6 Å². The summed E-state index contributed by atoms with van der Waals surface area (Å²) >= 11 is 6.42. The second-order valence-corrected chi connectivity index (χ2v) is 9.11. The average molecular weight is 424 g/mol. The number of carbonyl (C=O) groups excluding carboxylic acids is 2. The number of aromatic nitrogens is 1. The Morgan fingerprint density at radius 1 is 1.31 bits per heavy atom. The van der Waals surface area contributed by atoms with Crippen molar-refractivity contribution >= 4 is 34.5 Å². The Hall–Kier alpha value is -2.28. The van der Waals surface area contributed by atoms with Gasteiger partial charge in [-0.3, -0.25) is 4.79 Å². The van der Waals surface area contributed by atoms with Crippen molar-refractivity contribution in [1.29, 1.82) is 0 Å². The third-order valence-electron chi connectivity index (χ3n) is 4.98. The molecule has 0 radical (unpaired) electrons. The second kappa shape index (κ2) is 7.86. The van der Waals surface area contributed by atoms with Crippen LogP contribution in [0.3, 0.4) is 0 Å². The number of carbonyl (C=O) groups is 2. The van der Waals surface area contributed by atoms with Crippen LogP contribution in [0.15, 0.2) is 12.1 Å². The quantitative estimate of drug-likeness (QED) is 0.756. The minimum absolute atomic E-state index is 0.200. The molecule has 2 heterocycles. The van der Waals surface area contributed by atoms with E-state index in [1.807, 2.05) is 20.8 Å². The Kier molecular flexibility index (Phi) is 5.81. The van der Waals surface area contributed by atoms with E-state index >= 15 is 4.39 Å². The zero-order valence-corrected chi connectivity index (χ0v) is 18.2. The molecule has 1 aromatic carbocycles. The van der Waals surface area contributed by atoms with Crippen LogP contribution in [0.5, 0.6) is 0 Å². The van der Waals surface area contributed by atoms with Crippen LogP contribution in [0.2, 0.25) is 5.02 Å². The molecule has 1 aliphatic rings. The summed E-state index contributed by atoms with van der Waals surface area (Å²) in [6, 6.07) is 3.18. The number of halogens is 2. The van der Waals surface area contributed by atoms with E-state index in [1.165, 1.54) is 4.90 Å². The van der Waals surface area contributed by atoms with Gasteiger partial charge in [-0.25, -0.2) is 9.18 Å². The summed E-state index contributed by atoms with van der Waals surface area (Å²) in [6.45, 7) is 6.39. The van der Waals surface area contributed by atoms with Gasteiger partial charge in [0, 0.05) is 38.5 Å². The summed E-state index contributed by atoms with van der Waals surface area (Å²) in [5.41, 5.74) is 0.354. The number of hydrogen-bond acceptors (Lipinski definition) is 3. The van der Waals surface area contributed by atoms with Gasteiger partial charge < -0.3 is 19.5 Å². The van der Waals surface area contributed by atoms with Crippen LogP contribution < -0.4 is 0 Å². The van der Waals surface area contributed by atoms with Gasteiger partial charge in [-0.2, -0.15) is 0 Å². The number of rotatable bonds is 2. The molecule has 1 saturated heterocycles. The third-order valence-corrected chi connectivity index (χ3v) is 5.29. The smallest absolute Gasteiger partial charge is 0.410 e. The number of amides is 2. The van der Waals surface area contributed by atoms with Gasteiger partial charge in [0.15, 0.2) is 5.82 Å². The van der Waals surface area contributed by atoms with Gasteiger partial charge in [0.05, 0.1) is 10.5 Å². The zero-order valence-electron chi connectivity index (χ0n) is 17.4. The molecule has 1 aliphatic heterocycles. The number of ether oxygens (including phenoxy) is 1. The largest absolute Gasteiger partial charge is 0.444 e. The molecule has 2 aromatic rings. The van der Waals surface area contributed by atoms with Crippen molar-refractivity contribution in [3.63, 3.8) is 0 Å². The first kappa shape index (κ1) is 21.4. The van der Waals surface area contributed by atoms with Gasteiger partial charge >= 0.3 is 6.09 Å². The molecule has 2 amide bonds. The minimum atomic E-state index is -0.586. The van der Waals surface area contributed by atoms with E-state index in [9.17, 15) is 9.59 Å². The fourth-order valence-electron chi connectivity index (χ4n) is 3.61. The second-order valence-electron chi connectivity index (χ2n) is 8.70. The Morgan fingerprint density at radius 2 is 2.00 bits per heavy atom. The topological polar surface area (TPSA) is 65.6 Å². The molecule has 29 heavy (non-hydrogen) atoms. The van der Waals surface area contributed by atoms with Gasteiger partial charge in [-0.15, -0.1) is 0 Å². The van der Waals surface area contributed by atoms with E-state index < -0.39 is 17.5 Å². The van der Waals surface area contributed by atoms with E-state index in [-0.39, 0.29) is 23.0 Å².